The standard InChI is InChI=1S/C29H45N3O12.C24H47NO2.C6H11NO3/c1-6-21(33)19(8-11-25(38)39)32-29(44)18(7-10-24(36)37)14-23(35)20(9-12-26(40)41)31-28(43)16(4)13-22(34)17(5)30-27(42)15(2)3;1-5-8-9-10-11-12-13-14-15-16-17-18-19-20-23(27)25-24(21(4)6-2)22(26)7-3;1-4(6(7)10)2-3-5(8)9/h15-20H,6-14H2,1-5H3,(H,30,42)(H,31,43)(H,32,44)(H,36,37)(H,38,39)(H,40,41);21,24H,5-20H2,1-4H3,(H,25,27);4H,2-3H2,1H3,(H2,7,10)(H,8,9)/t16-,17+,18-,19+,20+;21-,24-;4-/m100/s1. The van der Waals surface area contributed by atoms with Crippen molar-refractivity contribution in [1.29, 1.82) is 0 Å². The zero-order valence-electron chi connectivity index (χ0n) is 50.5. The minimum atomic E-state index is -1.39. The second-order valence-electron chi connectivity index (χ2n) is 21.5. The van der Waals surface area contributed by atoms with Crippen LogP contribution in [0.5, 0.6) is 0 Å². The second kappa shape index (κ2) is 47.5. The van der Waals surface area contributed by atoms with Gasteiger partial charge < -0.3 is 47.4 Å². The fourth-order valence-corrected chi connectivity index (χ4v) is 8.08. The Balaban J connectivity index is -0.00000138. The highest BCUT2D eigenvalue weighted by Crippen LogP contribution is 2.19. The number of aliphatic carboxylic acids is 4. The molecule has 22 heteroatoms. The number of carboxylic acids is 4. The van der Waals surface area contributed by atoms with Crippen molar-refractivity contribution in [2.75, 3.05) is 0 Å². The number of nitrogens with one attached hydrogen (secondary N) is 4. The van der Waals surface area contributed by atoms with E-state index >= 15 is 0 Å². The molecule has 0 spiro atoms. The lowest BCUT2D eigenvalue weighted by Crippen LogP contribution is -2.47. The Morgan fingerprint density at radius 2 is 0.827 bits per heavy atom. The lowest BCUT2D eigenvalue weighted by molar-refractivity contribution is -0.140. The number of ketones is 4. The molecule has 0 rings (SSSR count). The molecule has 22 nitrogen and oxygen atoms in total. The molecule has 0 saturated heterocycles. The fourth-order valence-electron chi connectivity index (χ4n) is 8.08. The van der Waals surface area contributed by atoms with Crippen LogP contribution in [0.3, 0.4) is 0 Å². The molecule has 0 aliphatic rings. The normalized spacial score (nSPS) is 13.8. The van der Waals surface area contributed by atoms with Gasteiger partial charge in [-0.25, -0.2) is 0 Å². The van der Waals surface area contributed by atoms with E-state index in [1.165, 1.54) is 91.4 Å². The molecule has 0 fully saturated rings. The lowest BCUT2D eigenvalue weighted by atomic mass is 9.90. The monoisotopic (exact) mass is 1150 g/mol. The van der Waals surface area contributed by atoms with Gasteiger partial charge in [0.25, 0.3) is 0 Å². The number of unbranched alkanes of at least 4 members (excludes halogenated alkanes) is 12. The average molecular weight is 1150 g/mol. The molecule has 0 radical (unpaired) electrons. The third-order valence-electron chi connectivity index (χ3n) is 13.9. The summed E-state index contributed by atoms with van der Waals surface area (Å²) < 4.78 is 0. The van der Waals surface area contributed by atoms with E-state index in [9.17, 15) is 62.3 Å². The van der Waals surface area contributed by atoms with Gasteiger partial charge in [-0.2, -0.15) is 0 Å². The molecule has 0 aliphatic heterocycles. The van der Waals surface area contributed by atoms with E-state index in [0.29, 0.717) is 19.3 Å². The number of amides is 5. The maximum atomic E-state index is 13.3. The number of carbonyl (C=O) groups is 13. The third-order valence-corrected chi connectivity index (χ3v) is 13.9. The Hall–Kier alpha value is -6.09. The van der Waals surface area contributed by atoms with E-state index in [0.717, 1.165) is 19.3 Å². The predicted octanol–water partition coefficient (Wildman–Crippen LogP) is 7.81. The molecule has 0 bridgehead atoms. The summed E-state index contributed by atoms with van der Waals surface area (Å²) in [5.41, 5.74) is 4.89. The number of rotatable bonds is 46. The topological polar surface area (TPSA) is 377 Å². The number of nitrogens with two attached hydrogens (primary N) is 1. The number of hydrogen-bond donors (Lipinski definition) is 9. The van der Waals surface area contributed by atoms with Crippen LogP contribution in [0.1, 0.15) is 243 Å². The van der Waals surface area contributed by atoms with Gasteiger partial charge in [0.15, 0.2) is 23.1 Å². The summed E-state index contributed by atoms with van der Waals surface area (Å²) in [6.07, 6.45) is 16.0. The average Bonchev–Trinajstić information content (AvgIpc) is 3.40. The molecule has 0 saturated carbocycles. The minimum Gasteiger partial charge on any atom is -0.481 e. The molecule has 466 valence electrons. The number of hydrogen-bond acceptors (Lipinski definition) is 13. The van der Waals surface area contributed by atoms with Gasteiger partial charge in [0.1, 0.15) is 0 Å². The lowest BCUT2D eigenvalue weighted by Gasteiger charge is -2.24. The van der Waals surface area contributed by atoms with Gasteiger partial charge in [0.2, 0.25) is 29.5 Å². The maximum absolute atomic E-state index is 13.3. The van der Waals surface area contributed by atoms with E-state index in [1.807, 2.05) is 13.8 Å². The first-order valence-electron chi connectivity index (χ1n) is 29.5. The third kappa shape index (κ3) is 42.4. The Morgan fingerprint density at radius 3 is 1.25 bits per heavy atom. The van der Waals surface area contributed by atoms with Crippen LogP contribution in [0.25, 0.3) is 0 Å². The molecule has 81 heavy (non-hydrogen) atoms. The van der Waals surface area contributed by atoms with Gasteiger partial charge in [-0.15, -0.1) is 0 Å². The van der Waals surface area contributed by atoms with Crippen molar-refractivity contribution < 1.29 is 82.8 Å². The summed E-state index contributed by atoms with van der Waals surface area (Å²) in [7, 11) is 0. The van der Waals surface area contributed by atoms with Gasteiger partial charge in [0, 0.05) is 81.5 Å². The largest absolute Gasteiger partial charge is 0.481 e. The molecule has 0 unspecified atom stereocenters. The van der Waals surface area contributed by atoms with Crippen molar-refractivity contribution in [2.45, 2.75) is 267 Å². The summed E-state index contributed by atoms with van der Waals surface area (Å²) in [4.78, 5) is 154. The van der Waals surface area contributed by atoms with Crippen LogP contribution in [-0.4, -0.2) is 121 Å². The first-order valence-corrected chi connectivity index (χ1v) is 29.5. The molecule has 5 amide bonds. The maximum Gasteiger partial charge on any atom is 0.303 e. The van der Waals surface area contributed by atoms with E-state index in [1.54, 1.807) is 20.8 Å². The Labute approximate surface area is 481 Å². The Bertz CT molecular complexity index is 1960. The van der Waals surface area contributed by atoms with Crippen molar-refractivity contribution in [1.82, 2.24) is 21.3 Å². The van der Waals surface area contributed by atoms with Crippen LogP contribution >= 0.6 is 0 Å². The summed E-state index contributed by atoms with van der Waals surface area (Å²) in [5.74, 6) is -11.3. The molecule has 0 aromatic heterocycles. The first kappa shape index (κ1) is 79.1. The molecule has 0 aliphatic carbocycles. The van der Waals surface area contributed by atoms with Gasteiger partial charge >= 0.3 is 23.9 Å². The molecular weight excluding hydrogens is 1050 g/mol. The van der Waals surface area contributed by atoms with Crippen LogP contribution < -0.4 is 27.0 Å². The van der Waals surface area contributed by atoms with E-state index in [4.69, 9.17) is 26.2 Å². The van der Waals surface area contributed by atoms with Crippen molar-refractivity contribution >= 4 is 76.5 Å². The summed E-state index contributed by atoms with van der Waals surface area (Å²) in [5, 5.41) is 45.8. The highest BCUT2D eigenvalue weighted by Gasteiger charge is 2.32. The summed E-state index contributed by atoms with van der Waals surface area (Å²) >= 11 is 0. The van der Waals surface area contributed by atoms with Crippen LogP contribution in [0.4, 0.5) is 0 Å². The Kier molecular flexibility index (Phi) is 46.4. The zero-order chi connectivity index (χ0) is 62.6. The highest BCUT2D eigenvalue weighted by molar-refractivity contribution is 5.96. The summed E-state index contributed by atoms with van der Waals surface area (Å²) in [6.45, 7) is 17.6. The molecular formula is C59H103N5O17. The SMILES string of the molecule is CCC(=O)[C@H](CCC(=O)O)NC(=O)[C@H](CCC(=O)O)CC(=O)[C@H](CCC(=O)O)NC(=O)[C@H](C)CC(=O)[C@H](C)NC(=O)C(C)C.CCCCCCCCCCCCCCCC(=O)N[C@H](C(=O)CC)[C@@H](C)CC.C[C@@H](CCC(=O)O)C(N)=O. The van der Waals surface area contributed by atoms with Gasteiger partial charge in [-0.1, -0.05) is 146 Å². The van der Waals surface area contributed by atoms with Crippen molar-refractivity contribution in [3.05, 3.63) is 0 Å². The number of Topliss-reactive ketones (excluding diaryl/α,β-unsaturated/α-hetero) is 4. The van der Waals surface area contributed by atoms with E-state index in [-0.39, 0.29) is 79.9 Å². The molecule has 10 N–H and O–H groups in total. The van der Waals surface area contributed by atoms with Crippen molar-refractivity contribution in [3.8, 4) is 0 Å². The van der Waals surface area contributed by atoms with Crippen LogP contribution in [0.2, 0.25) is 0 Å². The quantitative estimate of drug-likeness (QED) is 0.0262. The van der Waals surface area contributed by atoms with Gasteiger partial charge in [0.05, 0.1) is 24.2 Å². The molecule has 8 atom stereocenters. The van der Waals surface area contributed by atoms with Crippen molar-refractivity contribution in [2.24, 2.45) is 35.3 Å². The fraction of sp³-hybridized carbons (Fsp3) is 0.780. The predicted molar refractivity (Wildman–Crippen MR) is 306 cm³/mol. The van der Waals surface area contributed by atoms with Crippen LogP contribution in [0.15, 0.2) is 0 Å². The van der Waals surface area contributed by atoms with E-state index < -0.39 is 115 Å². The zero-order valence-corrected chi connectivity index (χ0v) is 50.5. The molecule has 0 aromatic carbocycles. The summed E-state index contributed by atoms with van der Waals surface area (Å²) in [6, 6.07) is -3.75. The van der Waals surface area contributed by atoms with Gasteiger partial charge in [-0.05, 0) is 44.9 Å². The Morgan fingerprint density at radius 1 is 0.407 bits per heavy atom. The first-order chi connectivity index (χ1) is 38.0. The molecule has 0 heterocycles. The number of primary amides is 1. The minimum absolute atomic E-state index is 0.00407. The van der Waals surface area contributed by atoms with Crippen LogP contribution in [-0.2, 0) is 62.3 Å². The number of carbonyl (C=O) groups excluding carboxylic acids is 9. The second-order valence-corrected chi connectivity index (χ2v) is 21.5. The van der Waals surface area contributed by atoms with Crippen molar-refractivity contribution in [3.63, 3.8) is 0 Å². The molecule has 0 aromatic rings. The van der Waals surface area contributed by atoms with Crippen LogP contribution in [0, 0.1) is 29.6 Å². The highest BCUT2D eigenvalue weighted by atomic mass is 16.4. The van der Waals surface area contributed by atoms with E-state index in [2.05, 4.69) is 35.1 Å². The van der Waals surface area contributed by atoms with Gasteiger partial charge in [-0.3, -0.25) is 62.3 Å². The number of carboxylic acid groups (broad SMARTS) is 4. The smallest absolute Gasteiger partial charge is 0.303 e.